The zero-order chi connectivity index (χ0) is 18.0. The van der Waals surface area contributed by atoms with Gasteiger partial charge in [-0.1, -0.05) is 17.7 Å². The molecule has 0 atom stereocenters. The van der Waals surface area contributed by atoms with Crippen molar-refractivity contribution < 1.29 is 9.59 Å². The number of hydrogen-bond donors (Lipinski definition) is 2. The van der Waals surface area contributed by atoms with Crippen LogP contribution in [0.5, 0.6) is 0 Å². The molecule has 0 aliphatic heterocycles. The van der Waals surface area contributed by atoms with Crippen molar-refractivity contribution in [1.82, 2.24) is 9.88 Å². The fourth-order valence-electron chi connectivity index (χ4n) is 2.51. The number of rotatable bonds is 5. The van der Waals surface area contributed by atoms with E-state index in [9.17, 15) is 14.4 Å². The Bertz CT molecular complexity index is 864. The van der Waals surface area contributed by atoms with Crippen LogP contribution in [0, 0.1) is 13.8 Å². The van der Waals surface area contributed by atoms with Gasteiger partial charge in [0.25, 0.3) is 11.5 Å². The molecule has 3 rings (SSSR count). The Morgan fingerprint density at radius 3 is 2.40 bits per heavy atom. The van der Waals surface area contributed by atoms with Crippen LogP contribution in [0.2, 0.25) is 0 Å². The van der Waals surface area contributed by atoms with Crippen LogP contribution >= 0.6 is 0 Å². The van der Waals surface area contributed by atoms with Gasteiger partial charge in [-0.2, -0.15) is 0 Å². The van der Waals surface area contributed by atoms with Gasteiger partial charge in [-0.05, 0) is 51.0 Å². The van der Waals surface area contributed by atoms with Crippen LogP contribution in [0.1, 0.15) is 34.5 Å². The number of hydrogen-bond acceptors (Lipinski definition) is 3. The fourth-order valence-corrected chi connectivity index (χ4v) is 2.51. The molecule has 0 unspecified atom stereocenters. The van der Waals surface area contributed by atoms with Gasteiger partial charge in [0.2, 0.25) is 5.91 Å². The molecule has 0 spiro atoms. The Morgan fingerprint density at radius 2 is 1.76 bits per heavy atom. The van der Waals surface area contributed by atoms with Crippen molar-refractivity contribution >= 4 is 17.5 Å². The Labute approximate surface area is 145 Å². The van der Waals surface area contributed by atoms with Gasteiger partial charge < -0.3 is 15.2 Å². The van der Waals surface area contributed by atoms with E-state index in [1.807, 2.05) is 19.1 Å². The van der Waals surface area contributed by atoms with Crippen LogP contribution < -0.4 is 16.2 Å². The Balaban J connectivity index is 1.78. The molecule has 6 nitrogen and oxygen atoms in total. The smallest absolute Gasteiger partial charge is 0.274 e. The lowest BCUT2D eigenvalue weighted by Gasteiger charge is -2.12. The molecule has 1 fully saturated rings. The summed E-state index contributed by atoms with van der Waals surface area (Å²) in [6.45, 7) is 3.65. The van der Waals surface area contributed by atoms with E-state index in [0.717, 1.165) is 18.4 Å². The third-order valence-electron chi connectivity index (χ3n) is 4.20. The number of nitrogens with zero attached hydrogens (tertiary/aromatic N) is 1. The number of benzene rings is 1. The van der Waals surface area contributed by atoms with Gasteiger partial charge in [0.05, 0.1) is 0 Å². The van der Waals surface area contributed by atoms with Crippen molar-refractivity contribution in [2.24, 2.45) is 0 Å². The number of nitrogens with one attached hydrogen (secondary N) is 2. The molecule has 0 bridgehead atoms. The van der Waals surface area contributed by atoms with Crippen molar-refractivity contribution in [3.8, 4) is 0 Å². The van der Waals surface area contributed by atoms with Crippen LogP contribution in [0.25, 0.3) is 0 Å². The molecule has 1 aromatic heterocycles. The highest BCUT2D eigenvalue weighted by Gasteiger charge is 2.23. The minimum absolute atomic E-state index is 0.0462. The number of aryl methyl sites for hydroxylation is 2. The predicted octanol–water partition coefficient (Wildman–Crippen LogP) is 2.00. The van der Waals surface area contributed by atoms with E-state index >= 15 is 0 Å². The average molecular weight is 339 g/mol. The van der Waals surface area contributed by atoms with Gasteiger partial charge in [-0.25, -0.2) is 0 Å². The van der Waals surface area contributed by atoms with Crippen LogP contribution in [-0.4, -0.2) is 22.4 Å². The van der Waals surface area contributed by atoms with Crippen molar-refractivity contribution in [3.63, 3.8) is 0 Å². The summed E-state index contributed by atoms with van der Waals surface area (Å²) in [4.78, 5) is 36.9. The lowest BCUT2D eigenvalue weighted by molar-refractivity contribution is -0.121. The van der Waals surface area contributed by atoms with Crippen LogP contribution in [0.4, 0.5) is 5.69 Å². The van der Waals surface area contributed by atoms with Crippen molar-refractivity contribution in [3.05, 3.63) is 63.6 Å². The second-order valence-electron chi connectivity index (χ2n) is 6.44. The summed E-state index contributed by atoms with van der Waals surface area (Å²) < 4.78 is 1.38. The summed E-state index contributed by atoms with van der Waals surface area (Å²) in [5, 5.41) is 5.50. The standard InChI is InChI=1S/C19H21N3O3/c1-12-3-6-14(7-4-12)18(24)21-16-10-5-13(2)22(19(16)25)11-17(23)20-15-8-9-15/h3-7,10,15H,8-9,11H2,1-2H3,(H,20,23)(H,21,24). The molecule has 25 heavy (non-hydrogen) atoms. The maximum atomic E-state index is 12.6. The van der Waals surface area contributed by atoms with Gasteiger partial charge in [-0.3, -0.25) is 14.4 Å². The maximum Gasteiger partial charge on any atom is 0.274 e. The molecule has 0 radical (unpaired) electrons. The van der Waals surface area contributed by atoms with E-state index in [4.69, 9.17) is 0 Å². The number of anilines is 1. The Hall–Kier alpha value is -2.89. The molecule has 2 aromatic rings. The largest absolute Gasteiger partial charge is 0.352 e. The Kier molecular flexibility index (Phi) is 4.70. The molecule has 1 aromatic carbocycles. The quantitative estimate of drug-likeness (QED) is 0.874. The van der Waals surface area contributed by atoms with E-state index in [1.165, 1.54) is 4.57 Å². The molecule has 0 saturated heterocycles. The fraction of sp³-hybridized carbons (Fsp3) is 0.316. The van der Waals surface area contributed by atoms with Crippen LogP contribution in [0.15, 0.2) is 41.2 Å². The van der Waals surface area contributed by atoms with Crippen molar-refractivity contribution in [2.75, 3.05) is 5.32 Å². The van der Waals surface area contributed by atoms with Gasteiger partial charge in [-0.15, -0.1) is 0 Å². The third kappa shape index (κ3) is 4.15. The minimum atomic E-state index is -0.383. The van der Waals surface area contributed by atoms with Crippen LogP contribution in [0.3, 0.4) is 0 Å². The first kappa shape index (κ1) is 17.0. The van der Waals surface area contributed by atoms with Gasteiger partial charge >= 0.3 is 0 Å². The molecule has 130 valence electrons. The zero-order valence-corrected chi connectivity index (χ0v) is 14.3. The molecular weight excluding hydrogens is 318 g/mol. The van der Waals surface area contributed by atoms with Crippen LogP contribution in [-0.2, 0) is 11.3 Å². The zero-order valence-electron chi connectivity index (χ0n) is 14.3. The Morgan fingerprint density at radius 1 is 1.08 bits per heavy atom. The lowest BCUT2D eigenvalue weighted by Crippen LogP contribution is -2.35. The summed E-state index contributed by atoms with van der Waals surface area (Å²) in [5.74, 6) is -0.537. The highest BCUT2D eigenvalue weighted by molar-refractivity contribution is 6.04. The van der Waals surface area contributed by atoms with Gasteiger partial charge in [0, 0.05) is 17.3 Å². The molecule has 2 amide bonds. The number of carbonyl (C=O) groups excluding carboxylic acids is 2. The molecule has 1 aliphatic carbocycles. The maximum absolute atomic E-state index is 12.6. The van der Waals surface area contributed by atoms with Gasteiger partial charge in [0.15, 0.2) is 0 Å². The number of pyridine rings is 1. The number of aromatic nitrogens is 1. The summed E-state index contributed by atoms with van der Waals surface area (Å²) in [7, 11) is 0. The topological polar surface area (TPSA) is 80.2 Å². The van der Waals surface area contributed by atoms with E-state index in [0.29, 0.717) is 11.3 Å². The molecule has 1 aliphatic rings. The average Bonchev–Trinajstić information content (AvgIpc) is 3.38. The summed E-state index contributed by atoms with van der Waals surface area (Å²) in [6, 6.07) is 10.6. The van der Waals surface area contributed by atoms with E-state index < -0.39 is 0 Å². The molecule has 2 N–H and O–H groups in total. The number of carbonyl (C=O) groups is 2. The number of amides is 2. The summed E-state index contributed by atoms with van der Waals surface area (Å²) in [5.41, 5.74) is 1.98. The first-order valence-corrected chi connectivity index (χ1v) is 8.32. The molecule has 6 heteroatoms. The molecule has 1 heterocycles. The second-order valence-corrected chi connectivity index (χ2v) is 6.44. The summed E-state index contributed by atoms with van der Waals surface area (Å²) >= 11 is 0. The molecular formula is C19H21N3O3. The lowest BCUT2D eigenvalue weighted by atomic mass is 10.1. The van der Waals surface area contributed by atoms with Crippen molar-refractivity contribution in [2.45, 2.75) is 39.3 Å². The summed E-state index contributed by atoms with van der Waals surface area (Å²) in [6.07, 6.45) is 1.98. The highest BCUT2D eigenvalue weighted by atomic mass is 16.2. The van der Waals surface area contributed by atoms with Gasteiger partial charge in [0.1, 0.15) is 12.2 Å². The normalized spacial score (nSPS) is 13.4. The first-order valence-electron chi connectivity index (χ1n) is 8.32. The van der Waals surface area contributed by atoms with Crippen molar-refractivity contribution in [1.29, 1.82) is 0 Å². The van der Waals surface area contributed by atoms with E-state index in [1.54, 1.807) is 31.2 Å². The second kappa shape index (κ2) is 6.93. The third-order valence-corrected chi connectivity index (χ3v) is 4.20. The SMILES string of the molecule is Cc1ccc(C(=O)Nc2ccc(C)n(CC(=O)NC3CC3)c2=O)cc1. The first-order chi connectivity index (χ1) is 11.9. The van der Waals surface area contributed by atoms with E-state index in [-0.39, 0.29) is 35.6 Å². The predicted molar refractivity (Wildman–Crippen MR) is 95.7 cm³/mol. The van der Waals surface area contributed by atoms with E-state index in [2.05, 4.69) is 10.6 Å². The molecule has 1 saturated carbocycles. The monoisotopic (exact) mass is 339 g/mol. The highest BCUT2D eigenvalue weighted by Crippen LogP contribution is 2.18. The minimum Gasteiger partial charge on any atom is -0.352 e.